The number of rotatable bonds is 3. The van der Waals surface area contributed by atoms with Crippen LogP contribution >= 0.6 is 0 Å². The van der Waals surface area contributed by atoms with Crippen molar-refractivity contribution in [2.24, 2.45) is 17.8 Å². The molecule has 0 nitrogen and oxygen atoms in total. The molecule has 4 fully saturated rings. The zero-order valence-corrected chi connectivity index (χ0v) is 14.5. The Kier molecular flexibility index (Phi) is 3.33. The van der Waals surface area contributed by atoms with Crippen molar-refractivity contribution in [3.05, 3.63) is 60.7 Å². The number of benzene rings is 2. The molecule has 0 aliphatic heterocycles. The van der Waals surface area contributed by atoms with Gasteiger partial charge in [0, 0.05) is 19.3 Å². The second kappa shape index (κ2) is 5.41. The van der Waals surface area contributed by atoms with E-state index in [1.165, 1.54) is 38.5 Å². The van der Waals surface area contributed by atoms with Crippen molar-refractivity contribution in [2.45, 2.75) is 53.1 Å². The van der Waals surface area contributed by atoms with Crippen molar-refractivity contribution in [3.63, 3.8) is 0 Å². The molecule has 118 valence electrons. The van der Waals surface area contributed by atoms with Crippen molar-refractivity contribution < 1.29 is 0 Å². The minimum absolute atomic E-state index is 0.244. The largest absolute Gasteiger partial charge is 0.161 e. The average Bonchev–Trinajstić information content (AvgIpc) is 2.55. The summed E-state index contributed by atoms with van der Waals surface area (Å²) in [5, 5.41) is 0. The third kappa shape index (κ3) is 2.36. The molecule has 2 aromatic rings. The predicted molar refractivity (Wildman–Crippen MR) is 97.7 cm³/mol. The predicted octanol–water partition coefficient (Wildman–Crippen LogP) is 5.69. The summed E-state index contributed by atoms with van der Waals surface area (Å²) < 4.78 is 0.553. The molecular formula is C22H25S+. The molecule has 23 heavy (non-hydrogen) atoms. The second-order valence-corrected chi connectivity index (χ2v) is 10.5. The highest BCUT2D eigenvalue weighted by Gasteiger charge is 2.61. The van der Waals surface area contributed by atoms with Crippen LogP contribution in [0.4, 0.5) is 0 Å². The van der Waals surface area contributed by atoms with Crippen molar-refractivity contribution in [2.75, 3.05) is 0 Å². The number of hydrogen-bond donors (Lipinski definition) is 0. The van der Waals surface area contributed by atoms with Crippen LogP contribution in [0, 0.1) is 17.8 Å². The van der Waals surface area contributed by atoms with Crippen LogP contribution in [-0.2, 0) is 10.9 Å². The fraction of sp³-hybridized carbons (Fsp3) is 0.455. The van der Waals surface area contributed by atoms with E-state index in [0.717, 1.165) is 17.8 Å². The molecule has 0 atom stereocenters. The Hall–Kier alpha value is -1.21. The van der Waals surface area contributed by atoms with Gasteiger partial charge in [0.05, 0.1) is 10.9 Å². The van der Waals surface area contributed by atoms with E-state index in [2.05, 4.69) is 60.7 Å². The lowest BCUT2D eigenvalue weighted by Gasteiger charge is -2.54. The van der Waals surface area contributed by atoms with E-state index < -0.39 is 0 Å². The van der Waals surface area contributed by atoms with Crippen LogP contribution in [0.3, 0.4) is 0 Å². The molecule has 0 radical (unpaired) electrons. The van der Waals surface area contributed by atoms with Crippen LogP contribution in [0.5, 0.6) is 0 Å². The zero-order valence-electron chi connectivity index (χ0n) is 13.7. The van der Waals surface area contributed by atoms with Gasteiger partial charge in [-0.3, -0.25) is 0 Å². The van der Waals surface area contributed by atoms with Gasteiger partial charge >= 0.3 is 0 Å². The van der Waals surface area contributed by atoms with E-state index >= 15 is 0 Å². The molecule has 0 saturated heterocycles. The first-order valence-electron chi connectivity index (χ1n) is 9.17. The normalized spacial score (nSPS) is 34.9. The second-order valence-electron chi connectivity index (χ2n) is 8.03. The van der Waals surface area contributed by atoms with Crippen LogP contribution in [-0.4, -0.2) is 4.75 Å². The average molecular weight is 322 g/mol. The minimum atomic E-state index is 0.244. The van der Waals surface area contributed by atoms with Gasteiger partial charge in [-0.05, 0) is 61.3 Å². The molecule has 4 bridgehead atoms. The Morgan fingerprint density at radius 1 is 0.609 bits per heavy atom. The SMILES string of the molecule is c1ccc([S+](c2ccccc2)C23CC4CC(CC(C4)C2)C3)cc1. The summed E-state index contributed by atoms with van der Waals surface area (Å²) in [4.78, 5) is 3.14. The molecule has 2 aromatic carbocycles. The van der Waals surface area contributed by atoms with E-state index in [1.54, 1.807) is 9.79 Å². The zero-order chi connectivity index (χ0) is 15.3. The summed E-state index contributed by atoms with van der Waals surface area (Å²) in [5.74, 6) is 3.05. The summed E-state index contributed by atoms with van der Waals surface area (Å²) in [6, 6.07) is 22.8. The van der Waals surface area contributed by atoms with Crippen LogP contribution in [0.1, 0.15) is 38.5 Å². The van der Waals surface area contributed by atoms with E-state index in [0.29, 0.717) is 4.75 Å². The monoisotopic (exact) mass is 321 g/mol. The summed E-state index contributed by atoms with van der Waals surface area (Å²) in [6.07, 6.45) is 9.02. The molecule has 1 heteroatoms. The van der Waals surface area contributed by atoms with Gasteiger partial charge in [-0.1, -0.05) is 36.4 Å². The summed E-state index contributed by atoms with van der Waals surface area (Å²) in [6.45, 7) is 0. The lowest BCUT2D eigenvalue weighted by molar-refractivity contribution is 0.0367. The van der Waals surface area contributed by atoms with Gasteiger partial charge in [0.2, 0.25) is 0 Å². The molecule has 4 aliphatic rings. The maximum Gasteiger partial charge on any atom is 0.161 e. The Balaban J connectivity index is 1.63. The van der Waals surface area contributed by atoms with Gasteiger partial charge in [-0.15, -0.1) is 0 Å². The van der Waals surface area contributed by atoms with Crippen LogP contribution in [0.15, 0.2) is 70.5 Å². The highest BCUT2D eigenvalue weighted by atomic mass is 32.2. The summed E-state index contributed by atoms with van der Waals surface area (Å²) in [5.41, 5.74) is 0. The van der Waals surface area contributed by atoms with Crippen molar-refractivity contribution >= 4 is 10.9 Å². The third-order valence-electron chi connectivity index (χ3n) is 6.37. The fourth-order valence-electron chi connectivity index (χ4n) is 6.03. The van der Waals surface area contributed by atoms with Gasteiger partial charge in [-0.2, -0.15) is 0 Å². The molecule has 0 aromatic heterocycles. The van der Waals surface area contributed by atoms with Gasteiger partial charge in [0.15, 0.2) is 9.79 Å². The molecular weight excluding hydrogens is 296 g/mol. The minimum Gasteiger partial charge on any atom is -0.0619 e. The fourth-order valence-corrected chi connectivity index (χ4v) is 9.37. The van der Waals surface area contributed by atoms with E-state index in [1.807, 2.05) is 0 Å². The van der Waals surface area contributed by atoms with Crippen molar-refractivity contribution in [1.82, 2.24) is 0 Å². The first-order valence-corrected chi connectivity index (χ1v) is 10.4. The summed E-state index contributed by atoms with van der Waals surface area (Å²) >= 11 is 0. The maximum absolute atomic E-state index is 2.38. The molecule has 0 unspecified atom stereocenters. The van der Waals surface area contributed by atoms with Crippen LogP contribution < -0.4 is 0 Å². The molecule has 0 heterocycles. The van der Waals surface area contributed by atoms with Crippen LogP contribution in [0.25, 0.3) is 0 Å². The van der Waals surface area contributed by atoms with Crippen molar-refractivity contribution in [1.29, 1.82) is 0 Å². The quantitative estimate of drug-likeness (QED) is 0.637. The Labute approximate surface area is 142 Å². The van der Waals surface area contributed by atoms with E-state index in [9.17, 15) is 0 Å². The van der Waals surface area contributed by atoms with Crippen LogP contribution in [0.2, 0.25) is 0 Å². The lowest BCUT2D eigenvalue weighted by Crippen LogP contribution is -2.54. The molecule has 4 aliphatic carbocycles. The molecule has 0 amide bonds. The summed E-state index contributed by atoms with van der Waals surface area (Å²) in [7, 11) is 0.244. The first kappa shape index (κ1) is 14.2. The smallest absolute Gasteiger partial charge is 0.0619 e. The van der Waals surface area contributed by atoms with E-state index in [4.69, 9.17) is 0 Å². The highest BCUT2D eigenvalue weighted by molar-refractivity contribution is 7.98. The molecule has 6 rings (SSSR count). The van der Waals surface area contributed by atoms with Crippen molar-refractivity contribution in [3.8, 4) is 0 Å². The maximum atomic E-state index is 2.38. The molecule has 0 spiro atoms. The highest BCUT2D eigenvalue weighted by Crippen LogP contribution is 2.61. The van der Waals surface area contributed by atoms with Gasteiger partial charge in [-0.25, -0.2) is 0 Å². The Morgan fingerprint density at radius 2 is 1.00 bits per heavy atom. The first-order chi connectivity index (χ1) is 11.3. The van der Waals surface area contributed by atoms with Gasteiger partial charge < -0.3 is 0 Å². The Morgan fingerprint density at radius 3 is 1.39 bits per heavy atom. The number of hydrogen-bond acceptors (Lipinski definition) is 0. The topological polar surface area (TPSA) is 0 Å². The van der Waals surface area contributed by atoms with Gasteiger partial charge in [0.25, 0.3) is 0 Å². The van der Waals surface area contributed by atoms with Gasteiger partial charge in [0.1, 0.15) is 4.75 Å². The molecule has 0 N–H and O–H groups in total. The molecule has 4 saturated carbocycles. The standard InChI is InChI=1S/C22H25S/c1-3-7-20(8-4-1)23(21-9-5-2-6-10-21)22-14-17-11-18(15-22)13-19(12-17)16-22/h1-10,17-19H,11-16H2/q+1. The Bertz CT molecular complexity index is 601. The third-order valence-corrected chi connectivity index (χ3v) is 9.23. The van der Waals surface area contributed by atoms with E-state index in [-0.39, 0.29) is 10.9 Å². The lowest BCUT2D eigenvalue weighted by atomic mass is 9.56.